The Kier molecular flexibility index (Phi) is 7.87. The van der Waals surface area contributed by atoms with Crippen LogP contribution in [0.25, 0.3) is 0 Å². The Morgan fingerprint density at radius 3 is 2.41 bits per heavy atom. The van der Waals surface area contributed by atoms with Crippen LogP contribution in [-0.4, -0.2) is 50.4 Å². The number of hydrogen-bond donors (Lipinski definition) is 1. The molecule has 1 aliphatic rings. The number of carbonyl (C=O) groups excluding carboxylic acids is 2. The van der Waals surface area contributed by atoms with Gasteiger partial charge in [0.25, 0.3) is 5.91 Å². The smallest absolute Gasteiger partial charge is 0.344 e. The Hall–Kier alpha value is -2.91. The van der Waals surface area contributed by atoms with Gasteiger partial charge in [-0.3, -0.25) is 4.79 Å². The fourth-order valence-electron chi connectivity index (χ4n) is 3.34. The lowest BCUT2D eigenvalue weighted by molar-refractivity contribution is -0.155. The molecular weight excluding hydrogens is 432 g/mol. The van der Waals surface area contributed by atoms with Crippen molar-refractivity contribution in [2.75, 3.05) is 25.0 Å². The average molecular weight is 461 g/mol. The van der Waals surface area contributed by atoms with E-state index in [2.05, 4.69) is 5.32 Å². The maximum atomic E-state index is 12.7. The van der Waals surface area contributed by atoms with Gasteiger partial charge in [0.1, 0.15) is 5.75 Å². The van der Waals surface area contributed by atoms with Crippen molar-refractivity contribution in [2.24, 2.45) is 0 Å². The molecule has 2 aromatic rings. The maximum absolute atomic E-state index is 12.7. The van der Waals surface area contributed by atoms with Crippen molar-refractivity contribution in [1.29, 1.82) is 0 Å². The lowest BCUT2D eigenvalue weighted by Gasteiger charge is -2.25. The summed E-state index contributed by atoms with van der Waals surface area (Å²) < 4.78 is 37.4. The SMILES string of the molecule is Cc1cccc(OCC(=O)O[C@H](C)C(=O)Nc2ccc(S(=O)(=O)N3CCCCC3)cc2)c1. The van der Waals surface area contributed by atoms with E-state index in [0.29, 0.717) is 24.5 Å². The highest BCUT2D eigenvalue weighted by molar-refractivity contribution is 7.89. The number of hydrogen-bond acceptors (Lipinski definition) is 6. The van der Waals surface area contributed by atoms with Gasteiger partial charge in [-0.05, 0) is 68.7 Å². The molecule has 32 heavy (non-hydrogen) atoms. The van der Waals surface area contributed by atoms with Crippen LogP contribution in [0.15, 0.2) is 53.4 Å². The van der Waals surface area contributed by atoms with Gasteiger partial charge in [0, 0.05) is 18.8 Å². The highest BCUT2D eigenvalue weighted by Crippen LogP contribution is 2.22. The zero-order valence-corrected chi connectivity index (χ0v) is 19.1. The Morgan fingerprint density at radius 2 is 1.75 bits per heavy atom. The third-order valence-corrected chi connectivity index (χ3v) is 7.01. The summed E-state index contributed by atoms with van der Waals surface area (Å²) in [7, 11) is -3.53. The van der Waals surface area contributed by atoms with Crippen LogP contribution in [-0.2, 0) is 24.3 Å². The summed E-state index contributed by atoms with van der Waals surface area (Å²) in [6, 6.07) is 13.2. The van der Waals surface area contributed by atoms with Gasteiger partial charge < -0.3 is 14.8 Å². The Labute approximate surface area is 188 Å². The molecule has 0 spiro atoms. The van der Waals surface area contributed by atoms with E-state index in [0.717, 1.165) is 24.8 Å². The van der Waals surface area contributed by atoms with Gasteiger partial charge in [0.2, 0.25) is 10.0 Å². The first-order chi connectivity index (χ1) is 15.3. The number of anilines is 1. The fourth-order valence-corrected chi connectivity index (χ4v) is 4.86. The van der Waals surface area contributed by atoms with Gasteiger partial charge >= 0.3 is 5.97 Å². The molecule has 0 radical (unpaired) electrons. The number of rotatable bonds is 8. The predicted molar refractivity (Wildman–Crippen MR) is 120 cm³/mol. The van der Waals surface area contributed by atoms with Crippen LogP contribution in [0.2, 0.25) is 0 Å². The molecule has 0 aromatic heterocycles. The number of amides is 1. The second-order valence-electron chi connectivity index (χ2n) is 7.72. The summed E-state index contributed by atoms with van der Waals surface area (Å²) in [5.41, 5.74) is 1.41. The molecule has 9 heteroatoms. The van der Waals surface area contributed by atoms with E-state index in [1.54, 1.807) is 12.1 Å². The zero-order valence-electron chi connectivity index (χ0n) is 18.2. The zero-order chi connectivity index (χ0) is 23.1. The molecule has 0 aliphatic carbocycles. The molecule has 3 rings (SSSR count). The number of nitrogens with zero attached hydrogens (tertiary/aromatic N) is 1. The highest BCUT2D eigenvalue weighted by atomic mass is 32.2. The number of esters is 1. The quantitative estimate of drug-likeness (QED) is 0.608. The van der Waals surface area contributed by atoms with Crippen molar-refractivity contribution in [2.45, 2.75) is 44.1 Å². The molecule has 1 aliphatic heterocycles. The van der Waals surface area contributed by atoms with Crippen LogP contribution in [0.4, 0.5) is 5.69 Å². The Bertz CT molecular complexity index is 1050. The first kappa shape index (κ1) is 23.7. The van der Waals surface area contributed by atoms with Crippen LogP contribution in [0.3, 0.4) is 0 Å². The second kappa shape index (κ2) is 10.6. The minimum atomic E-state index is -3.53. The van der Waals surface area contributed by atoms with E-state index in [1.807, 2.05) is 19.1 Å². The largest absolute Gasteiger partial charge is 0.482 e. The van der Waals surface area contributed by atoms with Crippen LogP contribution < -0.4 is 10.1 Å². The number of aryl methyl sites for hydroxylation is 1. The van der Waals surface area contributed by atoms with Crippen molar-refractivity contribution < 1.29 is 27.5 Å². The van der Waals surface area contributed by atoms with Crippen molar-refractivity contribution in [3.8, 4) is 5.75 Å². The van der Waals surface area contributed by atoms with E-state index >= 15 is 0 Å². The number of sulfonamides is 1. The first-order valence-electron chi connectivity index (χ1n) is 10.6. The van der Waals surface area contributed by atoms with Crippen LogP contribution >= 0.6 is 0 Å². The van der Waals surface area contributed by atoms with Gasteiger partial charge in [-0.25, -0.2) is 13.2 Å². The molecule has 0 unspecified atom stereocenters. The van der Waals surface area contributed by atoms with Crippen molar-refractivity contribution in [3.63, 3.8) is 0 Å². The molecule has 0 saturated carbocycles. The molecule has 172 valence electrons. The van der Waals surface area contributed by atoms with Crippen molar-refractivity contribution in [1.82, 2.24) is 4.31 Å². The number of carbonyl (C=O) groups is 2. The van der Waals surface area contributed by atoms with E-state index in [-0.39, 0.29) is 11.5 Å². The van der Waals surface area contributed by atoms with Gasteiger partial charge in [0.15, 0.2) is 12.7 Å². The van der Waals surface area contributed by atoms with Crippen molar-refractivity contribution >= 4 is 27.6 Å². The molecule has 1 atom stereocenters. The first-order valence-corrected chi connectivity index (χ1v) is 12.0. The summed E-state index contributed by atoms with van der Waals surface area (Å²) >= 11 is 0. The minimum Gasteiger partial charge on any atom is -0.482 e. The minimum absolute atomic E-state index is 0.185. The molecule has 0 bridgehead atoms. The molecule has 8 nitrogen and oxygen atoms in total. The molecule has 1 fully saturated rings. The number of ether oxygens (including phenoxy) is 2. The van der Waals surface area contributed by atoms with E-state index in [4.69, 9.17) is 9.47 Å². The average Bonchev–Trinajstić information content (AvgIpc) is 2.78. The third-order valence-electron chi connectivity index (χ3n) is 5.10. The van der Waals surface area contributed by atoms with Gasteiger partial charge in [-0.15, -0.1) is 0 Å². The molecule has 2 aromatic carbocycles. The summed E-state index contributed by atoms with van der Waals surface area (Å²) in [5.74, 6) is -0.656. The molecule has 1 saturated heterocycles. The van der Waals surface area contributed by atoms with E-state index < -0.39 is 28.0 Å². The molecular formula is C23H28N2O6S. The van der Waals surface area contributed by atoms with Gasteiger partial charge in [0.05, 0.1) is 4.90 Å². The molecule has 1 amide bonds. The van der Waals surface area contributed by atoms with E-state index in [9.17, 15) is 18.0 Å². The standard InChI is InChI=1S/C23H28N2O6S/c1-17-7-6-8-20(15-17)30-16-22(26)31-18(2)23(27)24-19-9-11-21(12-10-19)32(28,29)25-13-4-3-5-14-25/h6-12,15,18H,3-5,13-14,16H2,1-2H3,(H,24,27)/t18-/m1/s1. The van der Waals surface area contributed by atoms with Gasteiger partial charge in [-0.1, -0.05) is 18.6 Å². The van der Waals surface area contributed by atoms with Crippen molar-refractivity contribution in [3.05, 3.63) is 54.1 Å². The normalized spacial score (nSPS) is 15.6. The Morgan fingerprint density at radius 1 is 1.06 bits per heavy atom. The number of nitrogens with one attached hydrogen (secondary N) is 1. The maximum Gasteiger partial charge on any atom is 0.344 e. The molecule has 1 heterocycles. The summed E-state index contributed by atoms with van der Waals surface area (Å²) in [5, 5.41) is 2.62. The number of benzene rings is 2. The summed E-state index contributed by atoms with van der Waals surface area (Å²) in [6.45, 7) is 4.10. The van der Waals surface area contributed by atoms with Gasteiger partial charge in [-0.2, -0.15) is 4.31 Å². The number of piperidine rings is 1. The monoisotopic (exact) mass is 460 g/mol. The second-order valence-corrected chi connectivity index (χ2v) is 9.65. The topological polar surface area (TPSA) is 102 Å². The Balaban J connectivity index is 1.50. The van der Waals surface area contributed by atoms with Crippen LogP contribution in [0.1, 0.15) is 31.7 Å². The predicted octanol–water partition coefficient (Wildman–Crippen LogP) is 3.12. The summed E-state index contributed by atoms with van der Waals surface area (Å²) in [4.78, 5) is 24.5. The molecule has 1 N–H and O–H groups in total. The third kappa shape index (κ3) is 6.30. The van der Waals surface area contributed by atoms with E-state index in [1.165, 1.54) is 35.5 Å². The van der Waals surface area contributed by atoms with Crippen LogP contribution in [0.5, 0.6) is 5.75 Å². The fraction of sp³-hybridized carbons (Fsp3) is 0.391. The van der Waals surface area contributed by atoms with Crippen LogP contribution in [0, 0.1) is 6.92 Å². The lowest BCUT2D eigenvalue weighted by Crippen LogP contribution is -2.35. The lowest BCUT2D eigenvalue weighted by atomic mass is 10.2. The summed E-state index contributed by atoms with van der Waals surface area (Å²) in [6.07, 6.45) is 1.72. The highest BCUT2D eigenvalue weighted by Gasteiger charge is 2.26.